The van der Waals surface area contributed by atoms with Crippen LogP contribution in [0.15, 0.2) is 0 Å². The zero-order chi connectivity index (χ0) is 8.20. The molecule has 0 amide bonds. The number of nitrogens with two attached hydrogens (primary N) is 1. The third-order valence-electron chi connectivity index (χ3n) is 1.11. The van der Waals surface area contributed by atoms with Crippen LogP contribution in [0.2, 0.25) is 0 Å². The Hall–Kier alpha value is -0.180. The van der Waals surface area contributed by atoms with Crippen molar-refractivity contribution in [2.45, 2.75) is 27.2 Å². The summed E-state index contributed by atoms with van der Waals surface area (Å²) in [5, 5.41) is 7.17. The Morgan fingerprint density at radius 2 is 2.00 bits per heavy atom. The Labute approximate surface area is 67.1 Å². The minimum Gasteiger partial charge on any atom is -0.379 e. The van der Waals surface area contributed by atoms with Gasteiger partial charge in [-0.2, -0.15) is 0 Å². The smallest absolute Gasteiger partial charge is 0.151 e. The molecule has 0 spiro atoms. The maximum Gasteiger partial charge on any atom is 0.151 e. The summed E-state index contributed by atoms with van der Waals surface area (Å²) >= 11 is 1.42. The molecule has 0 radical (unpaired) electrons. The normalized spacial score (nSPS) is 11.5. The molecule has 0 aliphatic rings. The zero-order valence-corrected chi connectivity index (χ0v) is 7.72. The van der Waals surface area contributed by atoms with Crippen LogP contribution in [0.3, 0.4) is 0 Å². The van der Waals surface area contributed by atoms with Gasteiger partial charge in [0.05, 0.1) is 0 Å². The molecule has 10 heavy (non-hydrogen) atoms. The fourth-order valence-electron chi connectivity index (χ4n) is 0.467. The molecule has 0 aromatic carbocycles. The molecule has 2 nitrogen and oxygen atoms in total. The van der Waals surface area contributed by atoms with Gasteiger partial charge in [0.1, 0.15) is 0 Å². The first kappa shape index (κ1) is 9.82. The zero-order valence-electron chi connectivity index (χ0n) is 6.90. The lowest BCUT2D eigenvalue weighted by Gasteiger charge is -2.16. The highest BCUT2D eigenvalue weighted by Gasteiger charge is 2.09. The molecule has 3 heteroatoms. The highest BCUT2D eigenvalue weighted by Crippen LogP contribution is 2.20. The van der Waals surface area contributed by atoms with Crippen LogP contribution < -0.4 is 5.73 Å². The average Bonchev–Trinajstić information content (AvgIpc) is 1.59. The van der Waals surface area contributed by atoms with Gasteiger partial charge in [-0.15, -0.1) is 0 Å². The van der Waals surface area contributed by atoms with Crippen molar-refractivity contribution < 1.29 is 0 Å². The van der Waals surface area contributed by atoms with E-state index in [0.29, 0.717) is 5.41 Å². The molecule has 3 N–H and O–H groups in total. The Bertz CT molecular complexity index is 115. The maximum absolute atomic E-state index is 6.94. The van der Waals surface area contributed by atoms with Crippen LogP contribution in [0.1, 0.15) is 27.2 Å². The average molecular weight is 160 g/mol. The first-order valence-electron chi connectivity index (χ1n) is 3.39. The fourth-order valence-corrected chi connectivity index (χ4v) is 1.40. The predicted octanol–water partition coefficient (Wildman–Crippen LogP) is 2.05. The molecule has 0 aliphatic heterocycles. The molecule has 0 aromatic rings. The number of hydrogen-bond donors (Lipinski definition) is 2. The number of rotatable bonds is 2. The molecular weight excluding hydrogens is 144 g/mol. The van der Waals surface area contributed by atoms with E-state index in [4.69, 9.17) is 11.1 Å². The molecule has 0 aromatic heterocycles. The van der Waals surface area contributed by atoms with E-state index in [0.717, 1.165) is 12.2 Å². The molecule has 0 bridgehead atoms. The predicted molar refractivity (Wildman–Crippen MR) is 48.4 cm³/mol. The van der Waals surface area contributed by atoms with E-state index in [9.17, 15) is 0 Å². The Balaban J connectivity index is 3.29. The van der Waals surface area contributed by atoms with Crippen LogP contribution >= 0.6 is 11.8 Å². The van der Waals surface area contributed by atoms with Gasteiger partial charge in [-0.05, 0) is 11.8 Å². The van der Waals surface area contributed by atoms with Crippen molar-refractivity contribution in [1.82, 2.24) is 0 Å². The van der Waals surface area contributed by atoms with E-state index in [1.54, 1.807) is 0 Å². The van der Waals surface area contributed by atoms with Crippen LogP contribution in [0.5, 0.6) is 0 Å². The van der Waals surface area contributed by atoms with Gasteiger partial charge in [-0.1, -0.05) is 32.5 Å². The van der Waals surface area contributed by atoms with Crippen molar-refractivity contribution in [1.29, 1.82) is 5.41 Å². The third kappa shape index (κ3) is 7.82. The van der Waals surface area contributed by atoms with E-state index in [1.807, 2.05) is 0 Å². The van der Waals surface area contributed by atoms with Crippen molar-refractivity contribution >= 4 is 16.9 Å². The van der Waals surface area contributed by atoms with Crippen LogP contribution in [-0.4, -0.2) is 10.9 Å². The topological polar surface area (TPSA) is 49.9 Å². The molecule has 0 aliphatic carbocycles. The number of thioether (sulfide) groups is 1. The van der Waals surface area contributed by atoms with Gasteiger partial charge in [-0.25, -0.2) is 0 Å². The van der Waals surface area contributed by atoms with E-state index in [1.165, 1.54) is 11.8 Å². The van der Waals surface area contributed by atoms with Gasteiger partial charge in [-0.3, -0.25) is 5.41 Å². The summed E-state index contributed by atoms with van der Waals surface area (Å²) in [6, 6.07) is 0. The fraction of sp³-hybridized carbons (Fsp3) is 0.857. The summed E-state index contributed by atoms with van der Waals surface area (Å²) in [6.45, 7) is 6.56. The molecule has 0 rings (SSSR count). The molecule has 0 atom stereocenters. The van der Waals surface area contributed by atoms with Crippen molar-refractivity contribution in [3.05, 3.63) is 0 Å². The summed E-state index contributed by atoms with van der Waals surface area (Å²) in [6.07, 6.45) is 1.11. The van der Waals surface area contributed by atoms with Gasteiger partial charge in [0.15, 0.2) is 5.17 Å². The highest BCUT2D eigenvalue weighted by molar-refractivity contribution is 8.13. The van der Waals surface area contributed by atoms with Crippen molar-refractivity contribution in [3.8, 4) is 0 Å². The minimum atomic E-state index is 0.226. The minimum absolute atomic E-state index is 0.226. The van der Waals surface area contributed by atoms with Gasteiger partial charge in [0, 0.05) is 5.75 Å². The maximum atomic E-state index is 6.94. The Morgan fingerprint density at radius 1 is 1.50 bits per heavy atom. The summed E-state index contributed by atoms with van der Waals surface area (Å²) in [4.78, 5) is 0. The monoisotopic (exact) mass is 160 g/mol. The second-order valence-electron chi connectivity index (χ2n) is 3.52. The molecular formula is C7H16N2S. The molecule has 0 heterocycles. The molecule has 0 unspecified atom stereocenters. The van der Waals surface area contributed by atoms with E-state index in [-0.39, 0.29) is 5.17 Å². The van der Waals surface area contributed by atoms with Crippen LogP contribution in [-0.2, 0) is 0 Å². The first-order valence-corrected chi connectivity index (χ1v) is 4.37. The quantitative estimate of drug-likeness (QED) is 0.480. The van der Waals surface area contributed by atoms with Gasteiger partial charge < -0.3 is 5.73 Å². The first-order chi connectivity index (χ1) is 4.42. The van der Waals surface area contributed by atoms with E-state index in [2.05, 4.69) is 20.8 Å². The Kier molecular flexibility index (Phi) is 3.79. The van der Waals surface area contributed by atoms with Crippen molar-refractivity contribution in [2.75, 3.05) is 5.75 Å². The van der Waals surface area contributed by atoms with Crippen molar-refractivity contribution in [2.24, 2.45) is 11.1 Å². The Morgan fingerprint density at radius 3 is 2.30 bits per heavy atom. The lowest BCUT2D eigenvalue weighted by molar-refractivity contribution is 0.402. The number of nitrogens with one attached hydrogen (secondary N) is 1. The standard InChI is InChI=1S/C7H16N2S/c1-7(2,3)4-5-10-6(8)9/h4-5H2,1-3H3,(H3,8,9). The molecule has 0 saturated carbocycles. The number of hydrogen-bond acceptors (Lipinski definition) is 2. The SMILES string of the molecule is CC(C)(C)CCSC(=N)N. The van der Waals surface area contributed by atoms with Crippen molar-refractivity contribution in [3.63, 3.8) is 0 Å². The van der Waals surface area contributed by atoms with Gasteiger partial charge in [0.25, 0.3) is 0 Å². The molecule has 0 saturated heterocycles. The lowest BCUT2D eigenvalue weighted by Crippen LogP contribution is -2.10. The molecule has 0 fully saturated rings. The van der Waals surface area contributed by atoms with Gasteiger partial charge in [0.2, 0.25) is 0 Å². The summed E-state index contributed by atoms with van der Waals surface area (Å²) in [5.74, 6) is 0.957. The van der Waals surface area contributed by atoms with Gasteiger partial charge >= 0.3 is 0 Å². The summed E-state index contributed by atoms with van der Waals surface area (Å²) in [5.41, 5.74) is 5.53. The number of amidine groups is 1. The lowest BCUT2D eigenvalue weighted by atomic mass is 9.94. The summed E-state index contributed by atoms with van der Waals surface area (Å²) < 4.78 is 0. The second-order valence-corrected chi connectivity index (χ2v) is 4.66. The van der Waals surface area contributed by atoms with E-state index < -0.39 is 0 Å². The largest absolute Gasteiger partial charge is 0.379 e. The third-order valence-corrected chi connectivity index (χ3v) is 1.83. The van der Waals surface area contributed by atoms with Crippen LogP contribution in [0.25, 0.3) is 0 Å². The second kappa shape index (κ2) is 3.86. The molecule has 60 valence electrons. The van der Waals surface area contributed by atoms with E-state index >= 15 is 0 Å². The summed E-state index contributed by atoms with van der Waals surface area (Å²) in [7, 11) is 0. The highest BCUT2D eigenvalue weighted by atomic mass is 32.2. The van der Waals surface area contributed by atoms with Crippen LogP contribution in [0, 0.1) is 10.8 Å². The van der Waals surface area contributed by atoms with Crippen LogP contribution in [0.4, 0.5) is 0 Å².